The van der Waals surface area contributed by atoms with Crippen LogP contribution in [0.25, 0.3) is 21.5 Å². The van der Waals surface area contributed by atoms with Gasteiger partial charge in [0.25, 0.3) is 0 Å². The number of fused-ring (bicyclic) bond motifs is 1. The monoisotopic (exact) mass is 395 g/mol. The zero-order chi connectivity index (χ0) is 19.8. The maximum absolute atomic E-state index is 11.4. The summed E-state index contributed by atoms with van der Waals surface area (Å²) in [5.74, 6) is 1.29. The number of nitrogens with one attached hydrogen (secondary N) is 1. The quantitative estimate of drug-likeness (QED) is 0.471. The van der Waals surface area contributed by atoms with Crippen molar-refractivity contribution in [2.75, 3.05) is 5.73 Å². The largest absolute Gasteiger partial charge is 0.489 e. The van der Waals surface area contributed by atoms with E-state index in [0.717, 1.165) is 22.5 Å². The Morgan fingerprint density at radius 1 is 1.36 bits per heavy atom. The molecule has 4 aromatic rings. The zero-order valence-electron chi connectivity index (χ0n) is 15.2. The summed E-state index contributed by atoms with van der Waals surface area (Å²) in [6.45, 7) is 4.03. The van der Waals surface area contributed by atoms with Crippen molar-refractivity contribution < 1.29 is 14.6 Å². The number of aromatic nitrogens is 4. The number of carboxylic acid groups (broad SMARTS) is 1. The van der Waals surface area contributed by atoms with Gasteiger partial charge in [0.05, 0.1) is 10.3 Å². The fraction of sp³-hybridized carbons (Fsp3) is 0.158. The zero-order valence-corrected chi connectivity index (χ0v) is 16.0. The normalized spacial score (nSPS) is 11.1. The number of aryl methyl sites for hydroxylation is 2. The fourth-order valence-corrected chi connectivity index (χ4v) is 3.98. The summed E-state index contributed by atoms with van der Waals surface area (Å²) in [6.07, 6.45) is 1.29. The van der Waals surface area contributed by atoms with Gasteiger partial charge in [-0.3, -0.25) is 5.10 Å². The number of benzene rings is 1. The Bertz CT molecular complexity index is 1200. The van der Waals surface area contributed by atoms with Crippen LogP contribution in [0.3, 0.4) is 0 Å². The Hall–Kier alpha value is -3.46. The van der Waals surface area contributed by atoms with Gasteiger partial charge in [-0.25, -0.2) is 14.8 Å². The Morgan fingerprint density at radius 2 is 2.18 bits per heavy atom. The van der Waals surface area contributed by atoms with E-state index in [9.17, 15) is 9.90 Å². The van der Waals surface area contributed by atoms with Gasteiger partial charge in [0.1, 0.15) is 24.0 Å². The van der Waals surface area contributed by atoms with Crippen LogP contribution in [0.15, 0.2) is 29.8 Å². The molecule has 28 heavy (non-hydrogen) atoms. The molecule has 4 N–H and O–H groups in total. The van der Waals surface area contributed by atoms with E-state index < -0.39 is 5.97 Å². The topological polar surface area (TPSA) is 127 Å². The third-order valence-corrected chi connectivity index (χ3v) is 5.42. The number of thiophene rings is 1. The van der Waals surface area contributed by atoms with Crippen LogP contribution in [0, 0.1) is 13.8 Å². The van der Waals surface area contributed by atoms with Crippen molar-refractivity contribution in [2.45, 2.75) is 20.5 Å². The number of nitrogens with two attached hydrogens (primary N) is 1. The lowest BCUT2D eigenvalue weighted by molar-refractivity contribution is 0.0699. The predicted molar refractivity (Wildman–Crippen MR) is 107 cm³/mol. The molecule has 0 aliphatic rings. The first-order chi connectivity index (χ1) is 13.4. The molecule has 0 radical (unpaired) electrons. The highest BCUT2D eigenvalue weighted by molar-refractivity contribution is 7.17. The molecule has 0 fully saturated rings. The molecule has 3 aromatic heterocycles. The van der Waals surface area contributed by atoms with E-state index in [4.69, 9.17) is 10.5 Å². The van der Waals surface area contributed by atoms with Crippen LogP contribution in [-0.4, -0.2) is 31.2 Å². The molecule has 3 heterocycles. The summed E-state index contributed by atoms with van der Waals surface area (Å²) in [6, 6.07) is 5.77. The Kier molecular flexibility index (Phi) is 4.44. The number of aromatic amines is 1. The van der Waals surface area contributed by atoms with E-state index in [1.54, 1.807) is 0 Å². The van der Waals surface area contributed by atoms with Crippen molar-refractivity contribution in [3.8, 4) is 17.1 Å². The number of carbonyl (C=O) groups is 1. The van der Waals surface area contributed by atoms with E-state index in [1.807, 2.05) is 37.4 Å². The SMILES string of the molecule is Cc1nc(-c2ccc(C)c(OCc3csc4c(C(=O)O)cnc(N)c34)c2)n[nH]1. The second kappa shape index (κ2) is 6.93. The van der Waals surface area contributed by atoms with Crippen molar-refractivity contribution in [2.24, 2.45) is 0 Å². The van der Waals surface area contributed by atoms with E-state index in [-0.39, 0.29) is 12.2 Å². The molecular weight excluding hydrogens is 378 g/mol. The third-order valence-electron chi connectivity index (χ3n) is 4.36. The van der Waals surface area contributed by atoms with Crippen molar-refractivity contribution in [1.82, 2.24) is 20.2 Å². The molecule has 142 valence electrons. The molecule has 0 saturated heterocycles. The van der Waals surface area contributed by atoms with Gasteiger partial charge in [-0.15, -0.1) is 11.3 Å². The number of nitrogen functional groups attached to an aromatic ring is 1. The number of H-pyrrole nitrogens is 1. The Morgan fingerprint density at radius 3 is 2.89 bits per heavy atom. The minimum absolute atomic E-state index is 0.138. The second-order valence-corrected chi connectivity index (χ2v) is 7.22. The van der Waals surface area contributed by atoms with Crippen LogP contribution in [0.2, 0.25) is 0 Å². The molecule has 0 aliphatic heterocycles. The van der Waals surface area contributed by atoms with Gasteiger partial charge >= 0.3 is 5.97 Å². The van der Waals surface area contributed by atoms with Gasteiger partial charge in [-0.2, -0.15) is 5.10 Å². The highest BCUT2D eigenvalue weighted by atomic mass is 32.1. The van der Waals surface area contributed by atoms with Crippen LogP contribution >= 0.6 is 11.3 Å². The number of nitrogens with zero attached hydrogens (tertiary/aromatic N) is 3. The average molecular weight is 395 g/mol. The minimum atomic E-state index is -1.03. The number of pyridine rings is 1. The molecule has 8 nitrogen and oxygen atoms in total. The van der Waals surface area contributed by atoms with Crippen LogP contribution in [0.5, 0.6) is 5.75 Å². The molecule has 1 aromatic carbocycles. The van der Waals surface area contributed by atoms with E-state index >= 15 is 0 Å². The average Bonchev–Trinajstić information content (AvgIpc) is 3.28. The maximum atomic E-state index is 11.4. The molecule has 0 bridgehead atoms. The van der Waals surface area contributed by atoms with Gasteiger partial charge in [0.2, 0.25) is 0 Å². The van der Waals surface area contributed by atoms with Gasteiger partial charge in [-0.05, 0) is 30.9 Å². The summed E-state index contributed by atoms with van der Waals surface area (Å²) in [5, 5.41) is 18.8. The lowest BCUT2D eigenvalue weighted by Gasteiger charge is -2.10. The summed E-state index contributed by atoms with van der Waals surface area (Å²) in [7, 11) is 0. The number of ether oxygens (including phenoxy) is 1. The number of hydrogen-bond donors (Lipinski definition) is 3. The Labute approximate surface area is 164 Å². The van der Waals surface area contributed by atoms with Crippen LogP contribution in [0.4, 0.5) is 5.82 Å². The van der Waals surface area contributed by atoms with Crippen molar-refractivity contribution in [1.29, 1.82) is 0 Å². The van der Waals surface area contributed by atoms with E-state index in [0.29, 0.717) is 27.5 Å². The number of aromatic carboxylic acids is 1. The molecule has 9 heteroatoms. The fourth-order valence-electron chi connectivity index (χ4n) is 2.91. The number of hydrogen-bond acceptors (Lipinski definition) is 7. The van der Waals surface area contributed by atoms with Crippen molar-refractivity contribution in [3.63, 3.8) is 0 Å². The molecular formula is C19H17N5O3S. The summed E-state index contributed by atoms with van der Waals surface area (Å²) < 4.78 is 6.62. The van der Waals surface area contributed by atoms with Crippen LogP contribution in [-0.2, 0) is 6.61 Å². The summed E-state index contributed by atoms with van der Waals surface area (Å²) in [5.41, 5.74) is 8.74. The molecule has 0 atom stereocenters. The first-order valence-electron chi connectivity index (χ1n) is 8.44. The van der Waals surface area contributed by atoms with Gasteiger partial charge in [-0.1, -0.05) is 12.1 Å². The Balaban J connectivity index is 1.65. The number of rotatable bonds is 5. The molecule has 0 amide bonds. The molecule has 0 spiro atoms. The molecule has 0 saturated carbocycles. The van der Waals surface area contributed by atoms with Crippen LogP contribution in [0.1, 0.15) is 27.3 Å². The van der Waals surface area contributed by atoms with Crippen LogP contribution < -0.4 is 10.5 Å². The summed E-state index contributed by atoms with van der Waals surface area (Å²) in [4.78, 5) is 19.8. The lowest BCUT2D eigenvalue weighted by Crippen LogP contribution is -2.02. The van der Waals surface area contributed by atoms with Gasteiger partial charge < -0.3 is 15.6 Å². The van der Waals surface area contributed by atoms with Gasteiger partial charge in [0.15, 0.2) is 5.82 Å². The summed E-state index contributed by atoms with van der Waals surface area (Å²) >= 11 is 1.32. The van der Waals surface area contributed by atoms with Crippen molar-refractivity contribution >= 4 is 33.2 Å². The first kappa shape index (κ1) is 17.9. The smallest absolute Gasteiger partial charge is 0.338 e. The maximum Gasteiger partial charge on any atom is 0.338 e. The molecule has 4 rings (SSSR count). The predicted octanol–water partition coefficient (Wildman–Crippen LogP) is 3.56. The van der Waals surface area contributed by atoms with Crippen molar-refractivity contribution in [3.05, 3.63) is 52.3 Å². The third kappa shape index (κ3) is 3.16. The standard InChI is InChI=1S/C19H17N5O3S/c1-9-3-4-11(18-22-10(2)23-24-18)5-14(9)27-7-12-8-28-16-13(19(25)26)6-21-17(20)15(12)16/h3-6,8H,7H2,1-2H3,(H2,20,21)(H,25,26)(H,22,23,24). The first-order valence-corrected chi connectivity index (χ1v) is 9.32. The minimum Gasteiger partial charge on any atom is -0.489 e. The van der Waals surface area contributed by atoms with E-state index in [1.165, 1.54) is 17.5 Å². The highest BCUT2D eigenvalue weighted by Crippen LogP contribution is 2.34. The highest BCUT2D eigenvalue weighted by Gasteiger charge is 2.17. The molecule has 0 aliphatic carbocycles. The number of anilines is 1. The molecule has 0 unspecified atom stereocenters. The lowest BCUT2D eigenvalue weighted by atomic mass is 10.1. The second-order valence-electron chi connectivity index (χ2n) is 6.34. The van der Waals surface area contributed by atoms with Gasteiger partial charge in [0, 0.05) is 22.7 Å². The number of carboxylic acids is 1. The van der Waals surface area contributed by atoms with E-state index in [2.05, 4.69) is 20.2 Å².